The molecule has 1 aliphatic rings. The van der Waals surface area contributed by atoms with Gasteiger partial charge in [0.05, 0.1) is 10.6 Å². The summed E-state index contributed by atoms with van der Waals surface area (Å²) in [5, 5.41) is 2.29. The number of aromatic amines is 1. The van der Waals surface area contributed by atoms with Crippen molar-refractivity contribution >= 4 is 46.3 Å². The van der Waals surface area contributed by atoms with Gasteiger partial charge in [-0.3, -0.25) is 14.4 Å². The minimum atomic E-state index is -0.359. The zero-order valence-electron chi connectivity index (χ0n) is 12.2. The lowest BCUT2D eigenvalue weighted by Gasteiger charge is -2.13. The summed E-state index contributed by atoms with van der Waals surface area (Å²) in [6, 6.07) is 10.2. The molecule has 1 fully saturated rings. The SMILES string of the molecule is CC(=O)Nc1ccc(N2C(=O)S/C(=C/c3ccc[nH]3)C2=O)cc1. The number of carbonyl (C=O) groups excluding carboxylic acids is 3. The van der Waals surface area contributed by atoms with Crippen molar-refractivity contribution in [1.82, 2.24) is 4.98 Å². The lowest BCUT2D eigenvalue weighted by atomic mass is 10.2. The number of aromatic nitrogens is 1. The average molecular weight is 327 g/mol. The van der Waals surface area contributed by atoms with Crippen molar-refractivity contribution in [2.24, 2.45) is 0 Å². The van der Waals surface area contributed by atoms with E-state index in [-0.39, 0.29) is 17.1 Å². The van der Waals surface area contributed by atoms with Crippen LogP contribution in [0.15, 0.2) is 47.5 Å². The fraction of sp³-hybridized carbons (Fsp3) is 0.0625. The molecule has 2 heterocycles. The number of thioether (sulfide) groups is 1. The normalized spacial score (nSPS) is 16.2. The summed E-state index contributed by atoms with van der Waals surface area (Å²) in [6.07, 6.45) is 3.40. The highest BCUT2D eigenvalue weighted by Crippen LogP contribution is 2.35. The Morgan fingerprint density at radius 1 is 1.22 bits per heavy atom. The highest BCUT2D eigenvalue weighted by Gasteiger charge is 2.36. The van der Waals surface area contributed by atoms with Crippen LogP contribution < -0.4 is 10.2 Å². The number of amides is 3. The molecule has 0 aliphatic carbocycles. The van der Waals surface area contributed by atoms with Gasteiger partial charge in [0.1, 0.15) is 0 Å². The molecule has 2 N–H and O–H groups in total. The van der Waals surface area contributed by atoms with Crippen molar-refractivity contribution in [3.8, 4) is 0 Å². The van der Waals surface area contributed by atoms with Crippen LogP contribution in [-0.4, -0.2) is 22.0 Å². The van der Waals surface area contributed by atoms with E-state index in [4.69, 9.17) is 0 Å². The van der Waals surface area contributed by atoms with E-state index in [0.29, 0.717) is 16.3 Å². The summed E-state index contributed by atoms with van der Waals surface area (Å²) in [7, 11) is 0. The predicted molar refractivity (Wildman–Crippen MR) is 90.0 cm³/mol. The minimum absolute atomic E-state index is 0.183. The molecule has 0 unspecified atom stereocenters. The van der Waals surface area contributed by atoms with Gasteiger partial charge in [-0.05, 0) is 54.2 Å². The number of anilines is 2. The average Bonchev–Trinajstić information content (AvgIpc) is 3.09. The first kappa shape index (κ1) is 15.1. The number of carbonyl (C=O) groups is 3. The van der Waals surface area contributed by atoms with Crippen LogP contribution in [0.1, 0.15) is 12.6 Å². The number of nitrogens with zero attached hydrogens (tertiary/aromatic N) is 1. The first-order chi connectivity index (χ1) is 11.0. The molecule has 0 atom stereocenters. The number of nitrogens with one attached hydrogen (secondary N) is 2. The van der Waals surface area contributed by atoms with Gasteiger partial charge in [-0.2, -0.15) is 0 Å². The van der Waals surface area contributed by atoms with Crippen molar-refractivity contribution in [1.29, 1.82) is 0 Å². The second-order valence-electron chi connectivity index (χ2n) is 4.87. The van der Waals surface area contributed by atoms with Crippen molar-refractivity contribution in [3.05, 3.63) is 53.2 Å². The van der Waals surface area contributed by atoms with Crippen LogP contribution >= 0.6 is 11.8 Å². The molecule has 1 aromatic carbocycles. The fourth-order valence-electron chi connectivity index (χ4n) is 2.16. The molecule has 3 rings (SSSR count). The Kier molecular flexibility index (Phi) is 4.03. The molecule has 0 radical (unpaired) electrons. The Hall–Kier alpha value is -2.80. The molecule has 0 saturated carbocycles. The van der Waals surface area contributed by atoms with Gasteiger partial charge >= 0.3 is 0 Å². The fourth-order valence-corrected chi connectivity index (χ4v) is 2.99. The summed E-state index contributed by atoms with van der Waals surface area (Å²) in [6.45, 7) is 1.41. The van der Waals surface area contributed by atoms with Crippen LogP contribution in [0, 0.1) is 0 Å². The third-order valence-corrected chi connectivity index (χ3v) is 4.02. The van der Waals surface area contributed by atoms with Gasteiger partial charge in [-0.25, -0.2) is 4.90 Å². The number of H-pyrrole nitrogens is 1. The molecule has 2 aromatic rings. The molecule has 0 bridgehead atoms. The Morgan fingerprint density at radius 3 is 2.57 bits per heavy atom. The summed E-state index contributed by atoms with van der Waals surface area (Å²) in [5.74, 6) is -0.542. The van der Waals surface area contributed by atoms with E-state index in [1.807, 2.05) is 12.1 Å². The molecule has 0 spiro atoms. The van der Waals surface area contributed by atoms with Crippen LogP contribution in [0.25, 0.3) is 6.08 Å². The molecule has 1 aromatic heterocycles. The third-order valence-electron chi connectivity index (χ3n) is 3.15. The summed E-state index contributed by atoms with van der Waals surface area (Å²) in [4.78, 5) is 40.0. The highest BCUT2D eigenvalue weighted by atomic mass is 32.2. The number of imide groups is 1. The Morgan fingerprint density at radius 2 is 1.96 bits per heavy atom. The van der Waals surface area contributed by atoms with Crippen LogP contribution in [0.3, 0.4) is 0 Å². The number of rotatable bonds is 3. The van der Waals surface area contributed by atoms with Crippen LogP contribution in [0.5, 0.6) is 0 Å². The smallest absolute Gasteiger partial charge is 0.298 e. The molecule has 1 aliphatic heterocycles. The Bertz CT molecular complexity index is 794. The van der Waals surface area contributed by atoms with Gasteiger partial charge in [-0.1, -0.05) is 0 Å². The molecular weight excluding hydrogens is 314 g/mol. The predicted octanol–water partition coefficient (Wildman–Crippen LogP) is 3.21. The van der Waals surface area contributed by atoms with E-state index in [1.165, 1.54) is 6.92 Å². The molecule has 116 valence electrons. The van der Waals surface area contributed by atoms with E-state index in [2.05, 4.69) is 10.3 Å². The van der Waals surface area contributed by atoms with Crippen molar-refractivity contribution in [3.63, 3.8) is 0 Å². The second-order valence-corrected chi connectivity index (χ2v) is 5.86. The van der Waals surface area contributed by atoms with Gasteiger partial charge in [0.25, 0.3) is 11.1 Å². The molecular formula is C16H13N3O3S. The standard InChI is InChI=1S/C16H13N3O3S/c1-10(20)18-11-4-6-13(7-5-11)19-15(21)14(23-16(19)22)9-12-3-2-8-17-12/h2-9,17H,1H3,(H,18,20)/b14-9+. The molecule has 7 heteroatoms. The van der Waals surface area contributed by atoms with Gasteiger partial charge in [0.2, 0.25) is 5.91 Å². The number of benzene rings is 1. The van der Waals surface area contributed by atoms with Gasteiger partial charge < -0.3 is 10.3 Å². The summed E-state index contributed by atoms with van der Waals surface area (Å²) >= 11 is 0.899. The van der Waals surface area contributed by atoms with E-state index < -0.39 is 0 Å². The zero-order chi connectivity index (χ0) is 16.4. The Labute approximate surface area is 136 Å². The summed E-state index contributed by atoms with van der Waals surface area (Å²) in [5.41, 5.74) is 1.84. The lowest BCUT2D eigenvalue weighted by Crippen LogP contribution is -2.27. The topological polar surface area (TPSA) is 82.3 Å². The largest absolute Gasteiger partial charge is 0.362 e. The molecule has 6 nitrogen and oxygen atoms in total. The van der Waals surface area contributed by atoms with Crippen molar-refractivity contribution in [2.45, 2.75) is 6.92 Å². The highest BCUT2D eigenvalue weighted by molar-refractivity contribution is 8.19. The van der Waals surface area contributed by atoms with Gasteiger partial charge in [-0.15, -0.1) is 0 Å². The van der Waals surface area contributed by atoms with Crippen molar-refractivity contribution in [2.75, 3.05) is 10.2 Å². The van der Waals surface area contributed by atoms with E-state index in [1.54, 1.807) is 36.5 Å². The molecule has 23 heavy (non-hydrogen) atoms. The zero-order valence-corrected chi connectivity index (χ0v) is 13.0. The quantitative estimate of drug-likeness (QED) is 0.848. The van der Waals surface area contributed by atoms with Gasteiger partial charge in [0, 0.05) is 24.5 Å². The Balaban J connectivity index is 1.84. The first-order valence-corrected chi connectivity index (χ1v) is 7.65. The maximum Gasteiger partial charge on any atom is 0.298 e. The van der Waals surface area contributed by atoms with Crippen LogP contribution in [0.4, 0.5) is 16.2 Å². The third kappa shape index (κ3) is 3.19. The maximum atomic E-state index is 12.4. The maximum absolute atomic E-state index is 12.4. The number of hydrogen-bond acceptors (Lipinski definition) is 4. The number of hydrogen-bond donors (Lipinski definition) is 2. The first-order valence-electron chi connectivity index (χ1n) is 6.83. The van der Waals surface area contributed by atoms with E-state index >= 15 is 0 Å². The monoisotopic (exact) mass is 327 g/mol. The molecule has 1 saturated heterocycles. The lowest BCUT2D eigenvalue weighted by molar-refractivity contribution is -0.114. The molecule has 3 amide bonds. The van der Waals surface area contributed by atoms with Crippen molar-refractivity contribution < 1.29 is 14.4 Å². The van der Waals surface area contributed by atoms with Crippen LogP contribution in [0.2, 0.25) is 0 Å². The minimum Gasteiger partial charge on any atom is -0.362 e. The van der Waals surface area contributed by atoms with Crippen LogP contribution in [-0.2, 0) is 9.59 Å². The van der Waals surface area contributed by atoms with Gasteiger partial charge in [0.15, 0.2) is 0 Å². The summed E-state index contributed by atoms with van der Waals surface area (Å²) < 4.78 is 0. The van der Waals surface area contributed by atoms with E-state index in [9.17, 15) is 14.4 Å². The van der Waals surface area contributed by atoms with E-state index in [0.717, 1.165) is 22.4 Å². The second kappa shape index (κ2) is 6.13.